The fourth-order valence-corrected chi connectivity index (χ4v) is 4.21. The number of carbonyl (C=O) groups excluding carboxylic acids is 1. The summed E-state index contributed by atoms with van der Waals surface area (Å²) in [7, 11) is 0. The van der Waals surface area contributed by atoms with Crippen LogP contribution in [0.3, 0.4) is 0 Å². The molecule has 2 aromatic carbocycles. The van der Waals surface area contributed by atoms with Gasteiger partial charge in [-0.3, -0.25) is 14.3 Å². The molecule has 2 heterocycles. The molecular formula is C21H21FN4OS. The summed E-state index contributed by atoms with van der Waals surface area (Å²) in [4.78, 5) is 19.3. The Kier molecular flexibility index (Phi) is 5.73. The van der Waals surface area contributed by atoms with Crippen molar-refractivity contribution < 1.29 is 9.18 Å². The lowest BCUT2D eigenvalue weighted by Crippen LogP contribution is -2.31. The summed E-state index contributed by atoms with van der Waals surface area (Å²) in [5, 5.41) is 2.95. The molecule has 0 radical (unpaired) electrons. The van der Waals surface area contributed by atoms with Crippen LogP contribution < -0.4 is 5.32 Å². The number of halogens is 1. The van der Waals surface area contributed by atoms with E-state index in [4.69, 9.17) is 0 Å². The zero-order valence-electron chi connectivity index (χ0n) is 15.3. The smallest absolute Gasteiger partial charge is 0.274 e. The first-order valence-corrected chi connectivity index (χ1v) is 10.3. The summed E-state index contributed by atoms with van der Waals surface area (Å²) in [6.45, 7) is 3.08. The maximum absolute atomic E-state index is 13.2. The third-order valence-corrected chi connectivity index (χ3v) is 5.61. The zero-order chi connectivity index (χ0) is 19.3. The fraction of sp³-hybridized carbons (Fsp3) is 0.238. The number of carbonyl (C=O) groups is 1. The van der Waals surface area contributed by atoms with Gasteiger partial charge in [0.25, 0.3) is 5.91 Å². The SMILES string of the molecule is O=C(Nc1cccc(CN2CCSCC2)c1)c1cncn1-c1ccc(F)cc1. The Morgan fingerprint density at radius 2 is 1.93 bits per heavy atom. The lowest BCUT2D eigenvalue weighted by molar-refractivity contribution is 0.102. The molecule has 0 unspecified atom stereocenters. The summed E-state index contributed by atoms with van der Waals surface area (Å²) < 4.78 is 14.8. The molecule has 1 fully saturated rings. The minimum absolute atomic E-state index is 0.256. The van der Waals surface area contributed by atoms with Crippen molar-refractivity contribution in [3.8, 4) is 5.69 Å². The number of nitrogens with zero attached hydrogens (tertiary/aromatic N) is 3. The maximum atomic E-state index is 13.2. The van der Waals surface area contributed by atoms with Crippen molar-refractivity contribution in [2.45, 2.75) is 6.54 Å². The molecular weight excluding hydrogens is 375 g/mol. The molecule has 28 heavy (non-hydrogen) atoms. The number of hydrogen-bond donors (Lipinski definition) is 1. The predicted molar refractivity (Wildman–Crippen MR) is 111 cm³/mol. The highest BCUT2D eigenvalue weighted by atomic mass is 32.2. The predicted octanol–water partition coefficient (Wildman–Crippen LogP) is 3.81. The molecule has 1 aromatic heterocycles. The monoisotopic (exact) mass is 396 g/mol. The molecule has 1 aliphatic heterocycles. The summed E-state index contributed by atoms with van der Waals surface area (Å²) in [6.07, 6.45) is 3.06. The summed E-state index contributed by atoms with van der Waals surface area (Å²) in [5.74, 6) is 1.76. The number of benzene rings is 2. The van der Waals surface area contributed by atoms with Crippen molar-refractivity contribution in [2.75, 3.05) is 29.9 Å². The maximum Gasteiger partial charge on any atom is 0.274 e. The van der Waals surface area contributed by atoms with Gasteiger partial charge in [-0.25, -0.2) is 9.37 Å². The van der Waals surface area contributed by atoms with Gasteiger partial charge < -0.3 is 5.32 Å². The number of nitrogens with one attached hydrogen (secondary N) is 1. The first kappa shape index (κ1) is 18.7. The first-order chi connectivity index (χ1) is 13.7. The Morgan fingerprint density at radius 3 is 2.71 bits per heavy atom. The minimum atomic E-state index is -0.320. The Labute approximate surface area is 167 Å². The van der Waals surface area contributed by atoms with Crippen LogP contribution in [0.15, 0.2) is 61.1 Å². The van der Waals surface area contributed by atoms with Crippen molar-refractivity contribution >= 4 is 23.4 Å². The number of amides is 1. The highest BCUT2D eigenvalue weighted by Crippen LogP contribution is 2.18. The summed E-state index contributed by atoms with van der Waals surface area (Å²) >= 11 is 1.99. The molecule has 1 amide bonds. The number of anilines is 1. The van der Waals surface area contributed by atoms with Crippen LogP contribution >= 0.6 is 11.8 Å². The van der Waals surface area contributed by atoms with Crippen molar-refractivity contribution in [1.82, 2.24) is 14.5 Å². The van der Waals surface area contributed by atoms with Crippen molar-refractivity contribution in [2.24, 2.45) is 0 Å². The molecule has 7 heteroatoms. The molecule has 0 aliphatic carbocycles. The van der Waals surface area contributed by atoms with E-state index in [2.05, 4.69) is 21.3 Å². The molecule has 5 nitrogen and oxygen atoms in total. The molecule has 0 atom stereocenters. The van der Waals surface area contributed by atoms with Crippen LogP contribution in [0, 0.1) is 5.82 Å². The number of thioether (sulfide) groups is 1. The summed E-state index contributed by atoms with van der Waals surface area (Å²) in [6, 6.07) is 13.9. The molecule has 0 bridgehead atoms. The van der Waals surface area contributed by atoms with Crippen LogP contribution in [0.5, 0.6) is 0 Å². The zero-order valence-corrected chi connectivity index (χ0v) is 16.2. The first-order valence-electron chi connectivity index (χ1n) is 9.18. The fourth-order valence-electron chi connectivity index (χ4n) is 3.23. The van der Waals surface area contributed by atoms with Crippen LogP contribution in [0.4, 0.5) is 10.1 Å². The van der Waals surface area contributed by atoms with Crippen LogP contribution in [0.25, 0.3) is 5.69 Å². The van der Waals surface area contributed by atoms with E-state index < -0.39 is 0 Å². The Hall–Kier alpha value is -2.64. The van der Waals surface area contributed by atoms with Gasteiger partial charge in [0.15, 0.2) is 0 Å². The van der Waals surface area contributed by atoms with E-state index in [1.807, 2.05) is 30.0 Å². The van der Waals surface area contributed by atoms with Crippen LogP contribution in [-0.2, 0) is 6.54 Å². The van der Waals surface area contributed by atoms with Gasteiger partial charge >= 0.3 is 0 Å². The van der Waals surface area contributed by atoms with Gasteiger partial charge in [0.1, 0.15) is 11.5 Å². The second-order valence-electron chi connectivity index (χ2n) is 6.67. The topological polar surface area (TPSA) is 50.2 Å². The van der Waals surface area contributed by atoms with E-state index in [1.54, 1.807) is 23.0 Å². The molecule has 0 saturated carbocycles. The van der Waals surface area contributed by atoms with Crippen molar-refractivity contribution in [3.05, 3.63) is 78.1 Å². The Bertz CT molecular complexity index is 951. The van der Waals surface area contributed by atoms with Crippen molar-refractivity contribution in [1.29, 1.82) is 0 Å². The third-order valence-electron chi connectivity index (χ3n) is 4.67. The number of hydrogen-bond acceptors (Lipinski definition) is 4. The van der Waals surface area contributed by atoms with E-state index in [1.165, 1.54) is 35.4 Å². The largest absolute Gasteiger partial charge is 0.321 e. The van der Waals surface area contributed by atoms with Crippen LogP contribution in [0.1, 0.15) is 16.1 Å². The van der Waals surface area contributed by atoms with E-state index >= 15 is 0 Å². The van der Waals surface area contributed by atoms with Gasteiger partial charge in [0, 0.05) is 42.5 Å². The highest BCUT2D eigenvalue weighted by molar-refractivity contribution is 7.99. The molecule has 144 valence electrons. The minimum Gasteiger partial charge on any atom is -0.321 e. The second-order valence-corrected chi connectivity index (χ2v) is 7.89. The molecule has 1 N–H and O–H groups in total. The van der Waals surface area contributed by atoms with Crippen LogP contribution in [-0.4, -0.2) is 45.0 Å². The standard InChI is InChI=1S/C21H21FN4OS/c22-17-4-6-19(7-5-17)26-15-23-13-20(26)21(27)24-18-3-1-2-16(12-18)14-25-8-10-28-11-9-25/h1-7,12-13,15H,8-11,14H2,(H,24,27). The van der Waals surface area contributed by atoms with Gasteiger partial charge in [-0.2, -0.15) is 11.8 Å². The molecule has 3 aromatic rings. The summed E-state index contributed by atoms with van der Waals surface area (Å²) in [5.41, 5.74) is 3.00. The van der Waals surface area contributed by atoms with Gasteiger partial charge in [-0.1, -0.05) is 12.1 Å². The Morgan fingerprint density at radius 1 is 1.14 bits per heavy atom. The van der Waals surface area contributed by atoms with Gasteiger partial charge in [0.05, 0.1) is 12.5 Å². The van der Waals surface area contributed by atoms with Gasteiger partial charge in [-0.05, 0) is 42.0 Å². The number of aromatic nitrogens is 2. The normalized spacial score (nSPS) is 14.8. The third kappa shape index (κ3) is 4.43. The lowest BCUT2D eigenvalue weighted by atomic mass is 10.2. The molecule has 4 rings (SSSR count). The number of rotatable bonds is 5. The lowest BCUT2D eigenvalue weighted by Gasteiger charge is -2.26. The van der Waals surface area contributed by atoms with Crippen LogP contribution in [0.2, 0.25) is 0 Å². The van der Waals surface area contributed by atoms with E-state index in [0.29, 0.717) is 11.4 Å². The quantitative estimate of drug-likeness (QED) is 0.713. The Balaban J connectivity index is 1.48. The van der Waals surface area contributed by atoms with Crippen molar-refractivity contribution in [3.63, 3.8) is 0 Å². The molecule has 0 spiro atoms. The van der Waals surface area contributed by atoms with E-state index in [0.717, 1.165) is 25.3 Å². The van der Waals surface area contributed by atoms with Gasteiger partial charge in [-0.15, -0.1) is 0 Å². The highest BCUT2D eigenvalue weighted by Gasteiger charge is 2.15. The van der Waals surface area contributed by atoms with E-state index in [9.17, 15) is 9.18 Å². The average Bonchev–Trinajstić information content (AvgIpc) is 3.20. The number of imidazole rings is 1. The average molecular weight is 396 g/mol. The van der Waals surface area contributed by atoms with Gasteiger partial charge in [0.2, 0.25) is 0 Å². The molecule has 1 saturated heterocycles. The van der Waals surface area contributed by atoms with E-state index in [-0.39, 0.29) is 11.7 Å². The second kappa shape index (κ2) is 8.58. The molecule has 1 aliphatic rings.